The van der Waals surface area contributed by atoms with Crippen molar-refractivity contribution in [3.63, 3.8) is 0 Å². The molecule has 0 bridgehead atoms. The molecule has 7 aromatic carbocycles. The SMILES string of the molecule is CC(C)(C)c1cccc(-c2ccccc2)c1-n1c(-c2[c-]ccc3c2sc2ccccc23)nc2cc3ccccc3cc21.C[Si](C)(C)c1ccc(-c2[c-]cccc2)nc1.[Ir]. The first-order valence-electron chi connectivity index (χ1n) is 19.9. The Morgan fingerprint density at radius 3 is 2.10 bits per heavy atom. The molecule has 6 heteroatoms. The first-order chi connectivity index (χ1) is 28.0. The van der Waals surface area contributed by atoms with Crippen LogP contribution in [0.1, 0.15) is 26.3 Å². The van der Waals surface area contributed by atoms with Crippen LogP contribution in [-0.4, -0.2) is 22.6 Å². The Morgan fingerprint density at radius 2 is 1.39 bits per heavy atom. The van der Waals surface area contributed by atoms with Crippen LogP contribution in [0.2, 0.25) is 19.6 Å². The Labute approximate surface area is 365 Å². The monoisotopic (exact) mass is 976 g/mol. The second-order valence-electron chi connectivity index (χ2n) is 16.9. The van der Waals surface area contributed by atoms with E-state index in [2.05, 4.69) is 196 Å². The summed E-state index contributed by atoms with van der Waals surface area (Å²) in [4.78, 5) is 9.94. The van der Waals surface area contributed by atoms with Crippen LogP contribution >= 0.6 is 11.3 Å². The molecule has 0 aliphatic heterocycles. The average Bonchev–Trinajstić information content (AvgIpc) is 3.81. The summed E-state index contributed by atoms with van der Waals surface area (Å²) in [6, 6.07) is 62.6. The van der Waals surface area contributed by atoms with Crippen LogP contribution in [0.3, 0.4) is 0 Å². The molecule has 59 heavy (non-hydrogen) atoms. The average molecular weight is 976 g/mol. The van der Waals surface area contributed by atoms with Crippen LogP contribution in [0.25, 0.3) is 81.4 Å². The number of nitrogens with zero attached hydrogens (tertiary/aromatic N) is 3. The van der Waals surface area contributed by atoms with Crippen molar-refractivity contribution in [3.8, 4) is 39.5 Å². The molecule has 0 aliphatic rings. The van der Waals surface area contributed by atoms with E-state index in [0.717, 1.165) is 33.7 Å². The van der Waals surface area contributed by atoms with Crippen molar-refractivity contribution < 1.29 is 20.1 Å². The van der Waals surface area contributed by atoms with Gasteiger partial charge in [0.05, 0.1) is 30.6 Å². The first-order valence-corrected chi connectivity index (χ1v) is 24.2. The Bertz CT molecular complexity index is 3070. The third-order valence-electron chi connectivity index (χ3n) is 10.9. The van der Waals surface area contributed by atoms with Gasteiger partial charge in [-0.05, 0) is 66.5 Å². The van der Waals surface area contributed by atoms with Crippen molar-refractivity contribution >= 4 is 66.6 Å². The van der Waals surface area contributed by atoms with Gasteiger partial charge in [-0.25, -0.2) is 0 Å². The minimum absolute atomic E-state index is 0. The predicted molar refractivity (Wildman–Crippen MR) is 251 cm³/mol. The van der Waals surface area contributed by atoms with Crippen molar-refractivity contribution in [3.05, 3.63) is 182 Å². The van der Waals surface area contributed by atoms with Gasteiger partial charge in [-0.3, -0.25) is 4.98 Å². The summed E-state index contributed by atoms with van der Waals surface area (Å²) in [6.45, 7) is 13.9. The number of rotatable bonds is 5. The smallest absolute Gasteiger partial charge is 0.0795 e. The zero-order valence-electron chi connectivity index (χ0n) is 34.2. The molecule has 10 aromatic rings. The van der Waals surface area contributed by atoms with Crippen molar-refractivity contribution in [2.45, 2.75) is 45.8 Å². The number of aromatic nitrogens is 3. The number of hydrogen-bond acceptors (Lipinski definition) is 3. The molecule has 3 nitrogen and oxygen atoms in total. The molecule has 0 amide bonds. The molecule has 0 unspecified atom stereocenters. The third kappa shape index (κ3) is 7.86. The van der Waals surface area contributed by atoms with Crippen molar-refractivity contribution in [2.75, 3.05) is 0 Å². The molecule has 0 aliphatic carbocycles. The van der Waals surface area contributed by atoms with E-state index in [1.807, 2.05) is 41.8 Å². The fourth-order valence-corrected chi connectivity index (χ4v) is 10.0. The molecule has 0 saturated heterocycles. The Hall–Kier alpha value is -5.49. The molecule has 0 atom stereocenters. The van der Waals surface area contributed by atoms with Gasteiger partial charge in [-0.1, -0.05) is 154 Å². The third-order valence-corrected chi connectivity index (χ3v) is 14.1. The molecule has 0 N–H and O–H groups in total. The van der Waals surface area contributed by atoms with Crippen LogP contribution in [-0.2, 0) is 25.5 Å². The van der Waals surface area contributed by atoms with E-state index in [1.54, 1.807) is 0 Å². The number of pyridine rings is 1. The number of imidazole rings is 1. The number of thiophene rings is 1. The van der Waals surface area contributed by atoms with Crippen LogP contribution in [0.4, 0.5) is 0 Å². The largest absolute Gasteiger partial charge is 0.332 e. The van der Waals surface area contributed by atoms with Gasteiger partial charge in [0, 0.05) is 36.6 Å². The molecule has 0 saturated carbocycles. The molecular weight excluding hydrogens is 931 g/mol. The van der Waals surface area contributed by atoms with Gasteiger partial charge < -0.3 is 9.55 Å². The minimum Gasteiger partial charge on any atom is -0.332 e. The summed E-state index contributed by atoms with van der Waals surface area (Å²) in [5.41, 5.74) is 9.93. The Morgan fingerprint density at radius 1 is 0.661 bits per heavy atom. The number of hydrogen-bond donors (Lipinski definition) is 0. The summed E-state index contributed by atoms with van der Waals surface area (Å²) < 4.78 is 4.91. The summed E-state index contributed by atoms with van der Waals surface area (Å²) in [5, 5.41) is 6.32. The van der Waals surface area contributed by atoms with Crippen LogP contribution in [0, 0.1) is 12.1 Å². The molecular formula is C53H45IrN3SSi-2. The van der Waals surface area contributed by atoms with Crippen LogP contribution in [0.5, 0.6) is 0 Å². The van der Waals surface area contributed by atoms with Gasteiger partial charge in [0.25, 0.3) is 0 Å². The minimum atomic E-state index is -1.23. The van der Waals surface area contributed by atoms with Gasteiger partial charge >= 0.3 is 0 Å². The van der Waals surface area contributed by atoms with Gasteiger partial charge in [-0.2, -0.15) is 11.3 Å². The molecule has 0 spiro atoms. The van der Waals surface area contributed by atoms with E-state index in [9.17, 15) is 0 Å². The van der Waals surface area contributed by atoms with E-state index in [1.165, 1.54) is 58.5 Å². The van der Waals surface area contributed by atoms with E-state index in [4.69, 9.17) is 4.98 Å². The number of para-hydroxylation sites is 1. The predicted octanol–water partition coefficient (Wildman–Crippen LogP) is 14.1. The standard InChI is InChI=1S/C39H29N2S.C14H16NSi.Ir/c1-39(2,3)32-21-12-18-28(25-13-5-4-6-14-25)36(32)41-34-24-27-16-8-7-15-26(27)23-33(34)40-38(41)31-20-11-19-30-29-17-9-10-22-35(29)42-37(30)31;1-16(2,3)13-9-10-14(15-11-13)12-7-5-4-6-8-12;/h4-19,21-24H,1-3H3;4-7,9-11H,1-3H3;/q2*-1;. The summed E-state index contributed by atoms with van der Waals surface area (Å²) in [5.74, 6) is 0.923. The van der Waals surface area contributed by atoms with Gasteiger partial charge in [-0.15, -0.1) is 54.1 Å². The second kappa shape index (κ2) is 16.3. The zero-order valence-corrected chi connectivity index (χ0v) is 38.4. The second-order valence-corrected chi connectivity index (χ2v) is 23.1. The molecule has 293 valence electrons. The Kier molecular flexibility index (Phi) is 11.1. The van der Waals surface area contributed by atoms with Crippen LogP contribution < -0.4 is 5.19 Å². The van der Waals surface area contributed by atoms with Gasteiger partial charge in [0.1, 0.15) is 0 Å². The maximum absolute atomic E-state index is 5.43. The normalized spacial score (nSPS) is 11.8. The maximum Gasteiger partial charge on any atom is 0.0795 e. The van der Waals surface area contributed by atoms with Crippen molar-refractivity contribution in [1.29, 1.82) is 0 Å². The molecule has 1 radical (unpaired) electrons. The van der Waals surface area contributed by atoms with Crippen molar-refractivity contribution in [1.82, 2.24) is 14.5 Å². The van der Waals surface area contributed by atoms with E-state index in [0.29, 0.717) is 0 Å². The van der Waals surface area contributed by atoms with E-state index >= 15 is 0 Å². The molecule has 3 heterocycles. The fourth-order valence-electron chi connectivity index (χ4n) is 7.80. The van der Waals surface area contributed by atoms with Crippen LogP contribution in [0.15, 0.2) is 164 Å². The van der Waals surface area contributed by atoms with E-state index in [-0.39, 0.29) is 25.5 Å². The molecule has 10 rings (SSSR count). The van der Waals surface area contributed by atoms with Crippen molar-refractivity contribution in [2.24, 2.45) is 0 Å². The quantitative estimate of drug-likeness (QED) is 0.127. The Balaban J connectivity index is 0.000000240. The fraction of sp³-hybridized carbons (Fsp3) is 0.132. The molecule has 0 fully saturated rings. The van der Waals surface area contributed by atoms with E-state index < -0.39 is 8.07 Å². The van der Waals surface area contributed by atoms with Gasteiger partial charge in [0.15, 0.2) is 0 Å². The number of fused-ring (bicyclic) bond motifs is 5. The topological polar surface area (TPSA) is 30.7 Å². The maximum atomic E-state index is 5.43. The zero-order chi connectivity index (χ0) is 40.0. The number of benzene rings is 7. The summed E-state index contributed by atoms with van der Waals surface area (Å²) in [6.07, 6.45) is 2.02. The molecule has 3 aromatic heterocycles. The summed E-state index contributed by atoms with van der Waals surface area (Å²) >= 11 is 1.83. The van der Waals surface area contributed by atoms with Gasteiger partial charge in [0.2, 0.25) is 0 Å². The first kappa shape index (κ1) is 40.3. The summed E-state index contributed by atoms with van der Waals surface area (Å²) in [7, 11) is -1.23.